The van der Waals surface area contributed by atoms with Crippen molar-refractivity contribution in [3.05, 3.63) is 65.5 Å². The number of ether oxygens (including phenoxy) is 2. The van der Waals surface area contributed by atoms with Crippen LogP contribution in [-0.2, 0) is 21.7 Å². The molecule has 1 fully saturated rings. The van der Waals surface area contributed by atoms with Crippen LogP contribution in [-0.4, -0.2) is 49.2 Å². The van der Waals surface area contributed by atoms with Crippen molar-refractivity contribution in [1.82, 2.24) is 4.90 Å². The van der Waals surface area contributed by atoms with Crippen molar-refractivity contribution in [1.29, 1.82) is 0 Å². The third kappa shape index (κ3) is 3.77. The molecule has 2 unspecified atom stereocenters. The van der Waals surface area contributed by atoms with Crippen molar-refractivity contribution in [2.45, 2.75) is 18.2 Å². The molecule has 0 bridgehead atoms. The number of aliphatic hydroxyl groups is 1. The number of hydrogen-bond acceptors (Lipinski definition) is 5. The smallest absolute Gasteiger partial charge is 0.150 e. The van der Waals surface area contributed by atoms with Crippen LogP contribution in [0.4, 0.5) is 4.39 Å². The molecule has 5 nitrogen and oxygen atoms in total. The van der Waals surface area contributed by atoms with Gasteiger partial charge in [0, 0.05) is 25.1 Å². The highest BCUT2D eigenvalue weighted by atomic mass is 19.1. The van der Waals surface area contributed by atoms with Gasteiger partial charge in [-0.2, -0.15) is 0 Å². The van der Waals surface area contributed by atoms with E-state index in [9.17, 15) is 14.3 Å². The molecule has 3 rings (SSSR count). The Morgan fingerprint density at radius 1 is 1.35 bits per heavy atom. The molecule has 1 saturated heterocycles. The van der Waals surface area contributed by atoms with E-state index in [4.69, 9.17) is 9.47 Å². The van der Waals surface area contributed by atoms with Gasteiger partial charge in [0.15, 0.2) is 0 Å². The quantitative estimate of drug-likeness (QED) is 0.801. The lowest BCUT2D eigenvalue weighted by molar-refractivity contribution is -0.167. The number of aldehydes is 1. The van der Waals surface area contributed by atoms with Crippen LogP contribution in [0.5, 0.6) is 5.75 Å². The lowest BCUT2D eigenvalue weighted by Gasteiger charge is -2.43. The number of halogens is 1. The summed E-state index contributed by atoms with van der Waals surface area (Å²) in [5.41, 5.74) is -0.209. The minimum absolute atomic E-state index is 0.115. The van der Waals surface area contributed by atoms with E-state index in [1.54, 1.807) is 11.0 Å². The normalized spacial score (nSPS) is 20.3. The van der Waals surface area contributed by atoms with Gasteiger partial charge < -0.3 is 19.4 Å². The Hall–Kier alpha value is -2.28. The number of hydrogen-bond donors (Lipinski definition) is 1. The Morgan fingerprint density at radius 2 is 2.12 bits per heavy atom. The molecule has 0 aliphatic carbocycles. The van der Waals surface area contributed by atoms with Crippen molar-refractivity contribution < 1.29 is 23.8 Å². The standard InChI is InChI=1S/C20H22FNO4/c1-25-19-8-7-17(21)11-15(19)12-20(24,16-5-3-2-4-6-16)22-9-10-26-18(13-22)14-23/h2-8,11,14,18,24H,9-10,12-13H2,1H3. The molecule has 138 valence electrons. The Balaban J connectivity index is 2.01. The van der Waals surface area contributed by atoms with Crippen LogP contribution in [0.2, 0.25) is 0 Å². The fourth-order valence-electron chi connectivity index (χ4n) is 3.35. The molecule has 2 aromatic rings. The zero-order chi connectivity index (χ0) is 18.6. The average Bonchev–Trinajstić information content (AvgIpc) is 2.69. The van der Waals surface area contributed by atoms with E-state index in [0.717, 1.165) is 6.29 Å². The lowest BCUT2D eigenvalue weighted by Crippen LogP contribution is -2.55. The van der Waals surface area contributed by atoms with Gasteiger partial charge in [-0.1, -0.05) is 30.3 Å². The van der Waals surface area contributed by atoms with E-state index in [2.05, 4.69) is 0 Å². The van der Waals surface area contributed by atoms with Crippen LogP contribution in [0.3, 0.4) is 0 Å². The first-order valence-corrected chi connectivity index (χ1v) is 8.49. The molecule has 2 atom stereocenters. The first-order chi connectivity index (χ1) is 12.6. The highest BCUT2D eigenvalue weighted by Crippen LogP contribution is 2.34. The molecule has 26 heavy (non-hydrogen) atoms. The molecule has 0 radical (unpaired) electrons. The third-order valence-electron chi connectivity index (χ3n) is 4.68. The molecule has 2 aromatic carbocycles. The topological polar surface area (TPSA) is 59.0 Å². The number of methoxy groups -OCH3 is 1. The second-order valence-electron chi connectivity index (χ2n) is 6.31. The molecule has 0 saturated carbocycles. The van der Waals surface area contributed by atoms with E-state index in [1.807, 2.05) is 30.3 Å². The van der Waals surface area contributed by atoms with Gasteiger partial charge in [-0.3, -0.25) is 4.90 Å². The second kappa shape index (κ2) is 7.95. The maximum absolute atomic E-state index is 13.8. The summed E-state index contributed by atoms with van der Waals surface area (Å²) in [7, 11) is 1.51. The van der Waals surface area contributed by atoms with Gasteiger partial charge in [0.1, 0.15) is 29.7 Å². The zero-order valence-corrected chi connectivity index (χ0v) is 14.6. The molecule has 1 N–H and O–H groups in total. The van der Waals surface area contributed by atoms with Crippen molar-refractivity contribution in [3.63, 3.8) is 0 Å². The van der Waals surface area contributed by atoms with E-state index < -0.39 is 17.6 Å². The molecule has 0 aromatic heterocycles. The van der Waals surface area contributed by atoms with E-state index in [0.29, 0.717) is 30.0 Å². The van der Waals surface area contributed by atoms with Gasteiger partial charge in [-0.05, 0) is 23.8 Å². The van der Waals surface area contributed by atoms with Crippen LogP contribution < -0.4 is 4.74 Å². The summed E-state index contributed by atoms with van der Waals surface area (Å²) in [4.78, 5) is 13.0. The van der Waals surface area contributed by atoms with E-state index in [1.165, 1.54) is 19.2 Å². The molecule has 1 aliphatic rings. The highest BCUT2D eigenvalue weighted by Gasteiger charge is 2.40. The van der Waals surface area contributed by atoms with Crippen LogP contribution in [0.25, 0.3) is 0 Å². The van der Waals surface area contributed by atoms with Gasteiger partial charge >= 0.3 is 0 Å². The number of nitrogens with zero attached hydrogens (tertiary/aromatic N) is 1. The van der Waals surface area contributed by atoms with E-state index in [-0.39, 0.29) is 13.0 Å². The summed E-state index contributed by atoms with van der Waals surface area (Å²) in [5.74, 6) is 0.102. The van der Waals surface area contributed by atoms with Crippen LogP contribution >= 0.6 is 0 Å². The second-order valence-corrected chi connectivity index (χ2v) is 6.31. The number of carbonyl (C=O) groups excluding carboxylic acids is 1. The fraction of sp³-hybridized carbons (Fsp3) is 0.350. The molecule has 6 heteroatoms. The Kier molecular flexibility index (Phi) is 5.66. The van der Waals surface area contributed by atoms with Crippen molar-refractivity contribution in [2.75, 3.05) is 26.8 Å². The summed E-state index contributed by atoms with van der Waals surface area (Å²) < 4.78 is 24.5. The summed E-state index contributed by atoms with van der Waals surface area (Å²) in [5, 5.41) is 11.7. The molecular weight excluding hydrogens is 337 g/mol. The van der Waals surface area contributed by atoms with Gasteiger partial charge in [0.25, 0.3) is 0 Å². The Bertz CT molecular complexity index is 755. The molecule has 1 aliphatic heterocycles. The first-order valence-electron chi connectivity index (χ1n) is 8.49. The molecule has 0 spiro atoms. The Labute approximate surface area is 152 Å². The number of benzene rings is 2. The number of rotatable bonds is 6. The van der Waals surface area contributed by atoms with Crippen molar-refractivity contribution in [3.8, 4) is 5.75 Å². The fourth-order valence-corrected chi connectivity index (χ4v) is 3.35. The molecule has 1 heterocycles. The largest absolute Gasteiger partial charge is 0.496 e. The van der Waals surface area contributed by atoms with Gasteiger partial charge in [-0.15, -0.1) is 0 Å². The van der Waals surface area contributed by atoms with Crippen LogP contribution in [0.1, 0.15) is 11.1 Å². The SMILES string of the molecule is COc1ccc(F)cc1CC(O)(c1ccccc1)N1CCOC(C=O)C1. The maximum Gasteiger partial charge on any atom is 0.150 e. The lowest BCUT2D eigenvalue weighted by atomic mass is 9.92. The number of carbonyl (C=O) groups is 1. The van der Waals surface area contributed by atoms with Crippen LogP contribution in [0.15, 0.2) is 48.5 Å². The monoisotopic (exact) mass is 359 g/mol. The van der Waals surface area contributed by atoms with Crippen LogP contribution in [0, 0.1) is 5.82 Å². The van der Waals surface area contributed by atoms with Gasteiger partial charge in [0.2, 0.25) is 0 Å². The van der Waals surface area contributed by atoms with E-state index >= 15 is 0 Å². The summed E-state index contributed by atoms with van der Waals surface area (Å²) >= 11 is 0. The first kappa shape index (κ1) is 18.5. The summed E-state index contributed by atoms with van der Waals surface area (Å²) in [6.45, 7) is 1.04. The van der Waals surface area contributed by atoms with Crippen molar-refractivity contribution >= 4 is 6.29 Å². The zero-order valence-electron chi connectivity index (χ0n) is 14.6. The molecule has 0 amide bonds. The van der Waals surface area contributed by atoms with Gasteiger partial charge in [-0.25, -0.2) is 4.39 Å². The van der Waals surface area contributed by atoms with Gasteiger partial charge in [0.05, 0.1) is 13.7 Å². The minimum Gasteiger partial charge on any atom is -0.496 e. The maximum atomic E-state index is 13.8. The predicted octanol–water partition coefficient (Wildman–Crippen LogP) is 2.12. The summed E-state index contributed by atoms with van der Waals surface area (Å²) in [6, 6.07) is 13.4. The molecular formula is C20H22FNO4. The summed E-state index contributed by atoms with van der Waals surface area (Å²) in [6.07, 6.45) is 0.248. The number of morpholine rings is 1. The Morgan fingerprint density at radius 3 is 2.81 bits per heavy atom. The minimum atomic E-state index is -1.42. The third-order valence-corrected chi connectivity index (χ3v) is 4.68. The average molecular weight is 359 g/mol. The predicted molar refractivity (Wildman–Crippen MR) is 94.4 cm³/mol. The van der Waals surface area contributed by atoms with Crippen molar-refractivity contribution in [2.24, 2.45) is 0 Å². The highest BCUT2D eigenvalue weighted by molar-refractivity contribution is 5.56.